The van der Waals surface area contributed by atoms with Crippen LogP contribution < -0.4 is 20.1 Å². The molecule has 1 aromatic carbocycles. The van der Waals surface area contributed by atoms with E-state index in [1.807, 2.05) is 26.2 Å². The largest absolute Gasteiger partial charge is 0.495 e. The highest BCUT2D eigenvalue weighted by molar-refractivity contribution is 7.13. The highest BCUT2D eigenvalue weighted by atomic mass is 35.5. The van der Waals surface area contributed by atoms with Gasteiger partial charge in [-0.05, 0) is 61.0 Å². The molecule has 4 fully saturated rings. The van der Waals surface area contributed by atoms with Crippen LogP contribution in [-0.2, 0) is 23.9 Å². The zero-order chi connectivity index (χ0) is 40.3. The fraction of sp³-hybridized carbons (Fsp3) is 0.561. The summed E-state index contributed by atoms with van der Waals surface area (Å²) < 4.78 is 23.1. The molecule has 8 atom stereocenters. The Kier molecular flexibility index (Phi) is 10.8. The Morgan fingerprint density at radius 1 is 1.05 bits per heavy atom. The van der Waals surface area contributed by atoms with Crippen LogP contribution in [-0.4, -0.2) is 89.3 Å². The first kappa shape index (κ1) is 39.8. The second kappa shape index (κ2) is 15.1. The topological polar surface area (TPSA) is 158 Å². The Bertz CT molecular complexity index is 2060. The van der Waals surface area contributed by atoms with Crippen molar-refractivity contribution in [1.29, 1.82) is 0 Å². The van der Waals surface area contributed by atoms with Crippen molar-refractivity contribution < 1.29 is 38.1 Å². The number of alkyl carbamates (subject to hydrolysis) is 1. The molecule has 2 N–H and O–H groups in total. The monoisotopic (exact) mass is 807 g/mol. The lowest BCUT2D eigenvalue weighted by molar-refractivity contribution is -0.148. The fourth-order valence-corrected chi connectivity index (χ4v) is 9.38. The van der Waals surface area contributed by atoms with Crippen molar-refractivity contribution in [3.05, 3.63) is 47.0 Å². The van der Waals surface area contributed by atoms with Crippen LogP contribution in [0.15, 0.2) is 36.2 Å². The van der Waals surface area contributed by atoms with Gasteiger partial charge >= 0.3 is 12.1 Å². The molecular formula is C41H50ClN5O8S. The molecule has 3 aliphatic carbocycles. The zero-order valence-electron chi connectivity index (χ0n) is 32.8. The number of amides is 3. The van der Waals surface area contributed by atoms with E-state index in [4.69, 9.17) is 40.5 Å². The first-order valence-electron chi connectivity index (χ1n) is 19.2. The number of carbonyl (C=O) groups is 4. The number of benzene rings is 1. The lowest BCUT2D eigenvalue weighted by Crippen LogP contribution is -2.59. The Labute approximate surface area is 335 Å². The van der Waals surface area contributed by atoms with E-state index in [0.717, 1.165) is 18.5 Å². The minimum Gasteiger partial charge on any atom is -0.495 e. The van der Waals surface area contributed by atoms with Gasteiger partial charge in [-0.25, -0.2) is 19.6 Å². The predicted molar refractivity (Wildman–Crippen MR) is 212 cm³/mol. The molecule has 3 heterocycles. The summed E-state index contributed by atoms with van der Waals surface area (Å²) in [7, 11) is 2.79. The van der Waals surface area contributed by atoms with Gasteiger partial charge in [0.15, 0.2) is 0 Å². The van der Waals surface area contributed by atoms with Crippen molar-refractivity contribution in [2.75, 3.05) is 20.8 Å². The smallest absolute Gasteiger partial charge is 0.408 e. The molecule has 0 bridgehead atoms. The van der Waals surface area contributed by atoms with Gasteiger partial charge in [0, 0.05) is 29.2 Å². The van der Waals surface area contributed by atoms with E-state index in [-0.39, 0.29) is 30.9 Å². The maximum atomic E-state index is 14.7. The molecule has 300 valence electrons. The quantitative estimate of drug-likeness (QED) is 0.150. The van der Waals surface area contributed by atoms with Crippen LogP contribution in [0.5, 0.6) is 11.5 Å². The van der Waals surface area contributed by atoms with Crippen molar-refractivity contribution in [3.8, 4) is 22.2 Å². The number of esters is 1. The number of fused-ring (bicyclic) bond motifs is 2. The Hall–Kier alpha value is -4.43. The van der Waals surface area contributed by atoms with E-state index in [9.17, 15) is 19.2 Å². The van der Waals surface area contributed by atoms with Gasteiger partial charge in [-0.2, -0.15) is 0 Å². The molecule has 3 aromatic rings. The van der Waals surface area contributed by atoms with E-state index < -0.39 is 53.0 Å². The standard InChI is InChI=1S/C41H50ClN5O8S/c1-9-23-17-41(23,38(50)53-8)46-35(48)29-15-25(18-47(29)37(49)34(40(4,5)6)45-39(51)55-24-13-21-12-22(21)14-24)54-31-16-27(36-44-28(19-56-36)20(2)3)43-33-26(31)10-11-30(52-7)32(33)42/h9-11,16,19-25,29,34H,1,12-15,17-18H2,2-8H3,(H,45,51)(H,46,48)/t21-,22+,23-,24+,25-,29+,34?,41-/m1/s1. The molecule has 13 nitrogen and oxygen atoms in total. The molecular weight excluding hydrogens is 758 g/mol. The van der Waals surface area contributed by atoms with Crippen LogP contribution in [0.1, 0.15) is 78.3 Å². The third-order valence-electron chi connectivity index (χ3n) is 11.6. The molecule has 56 heavy (non-hydrogen) atoms. The highest BCUT2D eigenvalue weighted by Gasteiger charge is 2.62. The highest BCUT2D eigenvalue weighted by Crippen LogP contribution is 2.52. The van der Waals surface area contributed by atoms with E-state index in [2.05, 4.69) is 31.1 Å². The number of thiazole rings is 1. The molecule has 15 heteroatoms. The summed E-state index contributed by atoms with van der Waals surface area (Å²) in [5.74, 6) is 0.355. The van der Waals surface area contributed by atoms with Crippen molar-refractivity contribution in [2.24, 2.45) is 23.2 Å². The van der Waals surface area contributed by atoms with Crippen LogP contribution in [0.3, 0.4) is 0 Å². The first-order valence-corrected chi connectivity index (χ1v) is 20.4. The summed E-state index contributed by atoms with van der Waals surface area (Å²) in [4.78, 5) is 66.4. The molecule has 4 aliphatic rings. The van der Waals surface area contributed by atoms with Crippen molar-refractivity contribution in [1.82, 2.24) is 25.5 Å². The van der Waals surface area contributed by atoms with Gasteiger partial charge in [0.1, 0.15) is 57.1 Å². The number of carbonyl (C=O) groups excluding carboxylic acids is 4. The second-order valence-corrected chi connectivity index (χ2v) is 18.1. The van der Waals surface area contributed by atoms with E-state index in [1.165, 1.54) is 36.9 Å². The first-order chi connectivity index (χ1) is 26.6. The number of ether oxygens (including phenoxy) is 4. The van der Waals surface area contributed by atoms with Gasteiger partial charge in [-0.3, -0.25) is 9.59 Å². The maximum Gasteiger partial charge on any atom is 0.408 e. The third kappa shape index (κ3) is 7.66. The molecule has 0 radical (unpaired) electrons. The van der Waals surface area contributed by atoms with Crippen LogP contribution in [0.2, 0.25) is 5.02 Å². The second-order valence-electron chi connectivity index (χ2n) is 16.9. The molecule has 0 spiro atoms. The number of nitrogens with zero attached hydrogens (tertiary/aromatic N) is 3. The fourth-order valence-electron chi connectivity index (χ4n) is 8.16. The molecule has 1 saturated heterocycles. The SMILES string of the molecule is C=C[C@@H]1C[C@]1(NC(=O)[C@@H]1C[C@@H](Oc2cc(-c3nc(C(C)C)cs3)nc3c(Cl)c(OC)ccc23)CN1C(=O)C(NC(=O)O[C@@H]1C[C@@H]2C[C@@H]2C1)C(C)(C)C)C(=O)OC. The number of hydrogen-bond donors (Lipinski definition) is 2. The Morgan fingerprint density at radius 2 is 1.79 bits per heavy atom. The summed E-state index contributed by atoms with van der Waals surface area (Å²) in [6.45, 7) is 13.5. The van der Waals surface area contributed by atoms with Crippen molar-refractivity contribution in [3.63, 3.8) is 0 Å². The predicted octanol–water partition coefficient (Wildman–Crippen LogP) is 6.67. The Balaban J connectivity index is 1.21. The lowest BCUT2D eigenvalue weighted by atomic mass is 9.85. The van der Waals surface area contributed by atoms with Gasteiger partial charge in [-0.1, -0.05) is 52.3 Å². The number of pyridine rings is 1. The number of methoxy groups -OCH3 is 2. The number of halogens is 1. The van der Waals surface area contributed by atoms with Gasteiger partial charge < -0.3 is 34.5 Å². The molecule has 3 amide bonds. The normalized spacial score (nSPS) is 27.0. The van der Waals surface area contributed by atoms with E-state index in [1.54, 1.807) is 24.3 Å². The molecule has 2 aromatic heterocycles. The minimum atomic E-state index is -1.29. The number of nitrogens with one attached hydrogen (secondary N) is 2. The number of hydrogen-bond acceptors (Lipinski definition) is 11. The zero-order valence-corrected chi connectivity index (χ0v) is 34.4. The van der Waals surface area contributed by atoms with Crippen LogP contribution >= 0.6 is 22.9 Å². The summed E-state index contributed by atoms with van der Waals surface area (Å²) in [6, 6.07) is 3.22. The van der Waals surface area contributed by atoms with Crippen LogP contribution in [0.4, 0.5) is 4.79 Å². The number of rotatable bonds is 12. The number of aromatic nitrogens is 2. The molecule has 3 saturated carbocycles. The minimum absolute atomic E-state index is 0.000109. The molecule has 1 unspecified atom stereocenters. The summed E-state index contributed by atoms with van der Waals surface area (Å²) in [5, 5.41) is 9.31. The van der Waals surface area contributed by atoms with Crippen molar-refractivity contribution in [2.45, 2.75) is 102 Å². The molecule has 1 aliphatic heterocycles. The van der Waals surface area contributed by atoms with Gasteiger partial charge in [-0.15, -0.1) is 17.9 Å². The lowest BCUT2D eigenvalue weighted by Gasteiger charge is -2.35. The molecule has 7 rings (SSSR count). The van der Waals surface area contributed by atoms with E-state index >= 15 is 0 Å². The van der Waals surface area contributed by atoms with Gasteiger partial charge in [0.05, 0.1) is 32.0 Å². The Morgan fingerprint density at radius 3 is 2.39 bits per heavy atom. The summed E-state index contributed by atoms with van der Waals surface area (Å²) in [5.41, 5.74) is -0.142. The average molecular weight is 808 g/mol. The van der Waals surface area contributed by atoms with Crippen LogP contribution in [0, 0.1) is 23.2 Å². The number of likely N-dealkylation sites (tertiary alicyclic amines) is 1. The van der Waals surface area contributed by atoms with Crippen molar-refractivity contribution >= 4 is 57.7 Å². The van der Waals surface area contributed by atoms with E-state index in [0.29, 0.717) is 56.4 Å². The van der Waals surface area contributed by atoms with Gasteiger partial charge in [0.2, 0.25) is 11.8 Å². The van der Waals surface area contributed by atoms with Gasteiger partial charge in [0.25, 0.3) is 0 Å². The maximum absolute atomic E-state index is 14.7. The van der Waals surface area contributed by atoms with Crippen LogP contribution in [0.25, 0.3) is 21.6 Å². The summed E-state index contributed by atoms with van der Waals surface area (Å²) >= 11 is 8.29. The summed E-state index contributed by atoms with van der Waals surface area (Å²) in [6.07, 6.45) is 3.31. The average Bonchev–Trinajstić information content (AvgIpc) is 3.79. The third-order valence-corrected chi connectivity index (χ3v) is 12.8.